The first kappa shape index (κ1) is 12.8. The zero-order valence-electron chi connectivity index (χ0n) is 10.2. The molecule has 0 atom stereocenters. The molecule has 5 heteroatoms. The number of nitrogens with two attached hydrogens (primary N) is 1. The Labute approximate surface area is 105 Å². The van der Waals surface area contributed by atoms with Gasteiger partial charge in [0, 0.05) is 17.3 Å². The van der Waals surface area contributed by atoms with Crippen LogP contribution in [0.1, 0.15) is 28.8 Å². The van der Waals surface area contributed by atoms with Crippen molar-refractivity contribution in [3.05, 3.63) is 29.3 Å². The number of anilines is 1. The summed E-state index contributed by atoms with van der Waals surface area (Å²) in [6, 6.07) is 4.95. The summed E-state index contributed by atoms with van der Waals surface area (Å²) in [5.41, 5.74) is 7.29. The summed E-state index contributed by atoms with van der Waals surface area (Å²) in [4.78, 5) is 13.5. The highest BCUT2D eigenvalue weighted by atomic mass is 19.3. The molecule has 3 nitrogen and oxygen atoms in total. The Morgan fingerprint density at radius 2 is 2.17 bits per heavy atom. The number of carbonyl (C=O) groups excluding carboxylic acids is 1. The highest BCUT2D eigenvalue weighted by Gasteiger charge is 2.35. The largest absolute Gasteiger partial charge is 0.399 e. The van der Waals surface area contributed by atoms with Crippen LogP contribution in [0.4, 0.5) is 14.5 Å². The number of rotatable bonds is 4. The summed E-state index contributed by atoms with van der Waals surface area (Å²) in [6.07, 6.45) is -0.893. The van der Waals surface area contributed by atoms with E-state index >= 15 is 0 Å². The molecule has 98 valence electrons. The number of amides is 1. The molecule has 18 heavy (non-hydrogen) atoms. The maximum atomic E-state index is 12.5. The molecule has 1 saturated carbocycles. The number of hydrogen-bond acceptors (Lipinski definition) is 2. The van der Waals surface area contributed by atoms with Crippen LogP contribution >= 0.6 is 0 Å². The van der Waals surface area contributed by atoms with Gasteiger partial charge in [0.25, 0.3) is 12.3 Å². The van der Waals surface area contributed by atoms with Gasteiger partial charge in [-0.05, 0) is 37.5 Å². The van der Waals surface area contributed by atoms with Gasteiger partial charge in [-0.25, -0.2) is 8.78 Å². The molecule has 0 heterocycles. The molecule has 1 aromatic carbocycles. The fourth-order valence-corrected chi connectivity index (χ4v) is 1.96. The van der Waals surface area contributed by atoms with E-state index in [1.165, 1.54) is 4.90 Å². The predicted octanol–water partition coefficient (Wildman–Crippen LogP) is 2.45. The summed E-state index contributed by atoms with van der Waals surface area (Å²) in [5, 5.41) is 0. The number of hydrogen-bond donors (Lipinski definition) is 1. The van der Waals surface area contributed by atoms with Gasteiger partial charge in [-0.15, -0.1) is 0 Å². The number of alkyl halides is 2. The van der Waals surface area contributed by atoms with E-state index in [9.17, 15) is 13.6 Å². The van der Waals surface area contributed by atoms with E-state index in [2.05, 4.69) is 0 Å². The second kappa shape index (κ2) is 4.92. The molecular formula is C13H16F2N2O. The van der Waals surface area contributed by atoms with Crippen molar-refractivity contribution in [1.82, 2.24) is 4.90 Å². The molecule has 0 radical (unpaired) electrons. The summed E-state index contributed by atoms with van der Waals surface area (Å²) < 4.78 is 25.0. The van der Waals surface area contributed by atoms with E-state index < -0.39 is 13.0 Å². The first-order valence-corrected chi connectivity index (χ1v) is 5.94. The van der Waals surface area contributed by atoms with Crippen LogP contribution in [0.25, 0.3) is 0 Å². The Morgan fingerprint density at radius 1 is 1.50 bits per heavy atom. The Kier molecular flexibility index (Phi) is 3.50. The average molecular weight is 254 g/mol. The van der Waals surface area contributed by atoms with Crippen LogP contribution in [0, 0.1) is 6.92 Å². The molecule has 1 amide bonds. The van der Waals surface area contributed by atoms with Gasteiger partial charge in [-0.1, -0.05) is 6.07 Å². The van der Waals surface area contributed by atoms with Crippen molar-refractivity contribution >= 4 is 11.6 Å². The topological polar surface area (TPSA) is 46.3 Å². The number of aryl methyl sites for hydroxylation is 1. The third-order valence-electron chi connectivity index (χ3n) is 3.08. The van der Waals surface area contributed by atoms with Gasteiger partial charge in [-0.2, -0.15) is 0 Å². The standard InChI is InChI=1S/C13H16F2N2O/c1-8-2-3-9(16)6-11(8)13(18)17(7-12(14)15)10-4-5-10/h2-3,6,10,12H,4-5,7,16H2,1H3. The fraction of sp³-hybridized carbons (Fsp3) is 0.462. The van der Waals surface area contributed by atoms with Gasteiger partial charge in [0.1, 0.15) is 0 Å². The Balaban J connectivity index is 2.24. The first-order valence-electron chi connectivity index (χ1n) is 5.94. The molecule has 1 aliphatic rings. The molecule has 1 aliphatic carbocycles. The molecule has 0 bridgehead atoms. The van der Waals surface area contributed by atoms with Crippen molar-refractivity contribution in [2.24, 2.45) is 0 Å². The van der Waals surface area contributed by atoms with Crippen LogP contribution in [0.5, 0.6) is 0 Å². The molecule has 0 unspecified atom stereocenters. The van der Waals surface area contributed by atoms with Crippen LogP contribution < -0.4 is 5.73 Å². The molecular weight excluding hydrogens is 238 g/mol. The number of nitrogen functional groups attached to an aromatic ring is 1. The molecule has 2 rings (SSSR count). The highest BCUT2D eigenvalue weighted by molar-refractivity contribution is 5.96. The van der Waals surface area contributed by atoms with Crippen LogP contribution in [-0.4, -0.2) is 29.8 Å². The van der Waals surface area contributed by atoms with E-state index in [4.69, 9.17) is 5.73 Å². The predicted molar refractivity (Wildman–Crippen MR) is 65.7 cm³/mol. The molecule has 0 aliphatic heterocycles. The quantitative estimate of drug-likeness (QED) is 0.839. The van der Waals surface area contributed by atoms with Crippen LogP contribution in [0.15, 0.2) is 18.2 Å². The average Bonchev–Trinajstić information content (AvgIpc) is 3.12. The Hall–Kier alpha value is -1.65. The minimum absolute atomic E-state index is 0.0349. The number of carbonyl (C=O) groups is 1. The number of halogens is 2. The molecule has 1 fully saturated rings. The molecule has 0 saturated heterocycles. The van der Waals surface area contributed by atoms with E-state index in [1.54, 1.807) is 25.1 Å². The van der Waals surface area contributed by atoms with Gasteiger partial charge in [0.2, 0.25) is 0 Å². The van der Waals surface area contributed by atoms with Crippen molar-refractivity contribution in [2.75, 3.05) is 12.3 Å². The van der Waals surface area contributed by atoms with Gasteiger partial charge in [-0.3, -0.25) is 4.79 Å². The lowest BCUT2D eigenvalue weighted by atomic mass is 10.1. The van der Waals surface area contributed by atoms with E-state index in [0.717, 1.165) is 18.4 Å². The summed E-state index contributed by atoms with van der Waals surface area (Å²) >= 11 is 0. The summed E-state index contributed by atoms with van der Waals surface area (Å²) in [7, 11) is 0. The van der Waals surface area contributed by atoms with Crippen LogP contribution in [0.2, 0.25) is 0 Å². The SMILES string of the molecule is Cc1ccc(N)cc1C(=O)N(CC(F)F)C1CC1. The number of nitrogens with zero attached hydrogens (tertiary/aromatic N) is 1. The molecule has 0 spiro atoms. The first-order chi connectivity index (χ1) is 8.49. The molecule has 1 aromatic rings. The monoisotopic (exact) mass is 254 g/mol. The Bertz CT molecular complexity index is 458. The van der Waals surface area contributed by atoms with Gasteiger partial charge >= 0.3 is 0 Å². The van der Waals surface area contributed by atoms with Gasteiger partial charge in [0.15, 0.2) is 0 Å². The van der Waals surface area contributed by atoms with E-state index in [-0.39, 0.29) is 11.9 Å². The normalized spacial score (nSPS) is 14.9. The second-order valence-corrected chi connectivity index (χ2v) is 4.65. The van der Waals surface area contributed by atoms with Crippen molar-refractivity contribution in [3.63, 3.8) is 0 Å². The third kappa shape index (κ3) is 2.78. The fourth-order valence-electron chi connectivity index (χ4n) is 1.96. The zero-order chi connectivity index (χ0) is 13.3. The van der Waals surface area contributed by atoms with Crippen molar-refractivity contribution in [3.8, 4) is 0 Å². The highest BCUT2D eigenvalue weighted by Crippen LogP contribution is 2.29. The van der Waals surface area contributed by atoms with Crippen molar-refractivity contribution in [1.29, 1.82) is 0 Å². The lowest BCUT2D eigenvalue weighted by Crippen LogP contribution is -2.37. The zero-order valence-corrected chi connectivity index (χ0v) is 10.2. The molecule has 2 N–H and O–H groups in total. The second-order valence-electron chi connectivity index (χ2n) is 4.65. The van der Waals surface area contributed by atoms with E-state index in [0.29, 0.717) is 11.3 Å². The van der Waals surface area contributed by atoms with Crippen molar-refractivity contribution in [2.45, 2.75) is 32.2 Å². The summed E-state index contributed by atoms with van der Waals surface area (Å²) in [6.45, 7) is 1.28. The molecule has 0 aromatic heterocycles. The van der Waals surface area contributed by atoms with Gasteiger partial charge < -0.3 is 10.6 Å². The summed E-state index contributed by atoms with van der Waals surface area (Å²) in [5.74, 6) is -0.345. The minimum atomic E-state index is -2.50. The van der Waals surface area contributed by atoms with Crippen LogP contribution in [-0.2, 0) is 0 Å². The Morgan fingerprint density at radius 3 is 2.72 bits per heavy atom. The van der Waals surface area contributed by atoms with Crippen LogP contribution in [0.3, 0.4) is 0 Å². The van der Waals surface area contributed by atoms with Crippen molar-refractivity contribution < 1.29 is 13.6 Å². The maximum absolute atomic E-state index is 12.5. The third-order valence-corrected chi connectivity index (χ3v) is 3.08. The minimum Gasteiger partial charge on any atom is -0.399 e. The number of benzene rings is 1. The smallest absolute Gasteiger partial charge is 0.255 e. The lowest BCUT2D eigenvalue weighted by Gasteiger charge is -2.23. The lowest BCUT2D eigenvalue weighted by molar-refractivity contribution is 0.0533. The maximum Gasteiger partial charge on any atom is 0.255 e. The van der Waals surface area contributed by atoms with Gasteiger partial charge in [0.05, 0.1) is 6.54 Å². The van der Waals surface area contributed by atoms with E-state index in [1.807, 2.05) is 0 Å².